The van der Waals surface area contributed by atoms with Crippen LogP contribution in [0, 0.1) is 34.0 Å². The summed E-state index contributed by atoms with van der Waals surface area (Å²) >= 11 is 0. The van der Waals surface area contributed by atoms with Crippen LogP contribution in [0.5, 0.6) is 0 Å². The molecule has 1 unspecified atom stereocenters. The van der Waals surface area contributed by atoms with Crippen molar-refractivity contribution in [2.24, 2.45) is 0 Å². The third kappa shape index (κ3) is 11.6. The van der Waals surface area contributed by atoms with Crippen molar-refractivity contribution in [1.29, 1.82) is 15.8 Å². The molecule has 27 heavy (non-hydrogen) atoms. The van der Waals surface area contributed by atoms with Gasteiger partial charge in [0.2, 0.25) is 10.0 Å². The minimum absolute atomic E-state index is 0.339. The summed E-state index contributed by atoms with van der Waals surface area (Å²) in [6, 6.07) is 6.13. The zero-order chi connectivity index (χ0) is 20.4. The minimum Gasteiger partial charge on any atom is -0.211 e. The normalized spacial score (nSPS) is 12.3. The summed E-state index contributed by atoms with van der Waals surface area (Å²) in [6.07, 6.45) is 10.0. The number of hydrogen-bond donors (Lipinski definition) is 0. The Morgan fingerprint density at radius 2 is 1.30 bits per heavy atom. The Bertz CT molecular complexity index is 577. The van der Waals surface area contributed by atoms with Crippen LogP contribution in [0.3, 0.4) is 0 Å². The van der Waals surface area contributed by atoms with Gasteiger partial charge in [-0.25, -0.2) is 12.7 Å². The maximum absolute atomic E-state index is 12.9. The first kappa shape index (κ1) is 25.4. The number of nitrogens with zero attached hydrogens (tertiary/aromatic N) is 4. The molecule has 0 aromatic heterocycles. The molecule has 0 amide bonds. The second kappa shape index (κ2) is 16.5. The molecule has 6 nitrogen and oxygen atoms in total. The summed E-state index contributed by atoms with van der Waals surface area (Å²) < 4.78 is 27.3. The van der Waals surface area contributed by atoms with E-state index in [2.05, 4.69) is 19.1 Å². The Morgan fingerprint density at radius 1 is 0.778 bits per heavy atom. The molecule has 0 aliphatic heterocycles. The van der Waals surface area contributed by atoms with E-state index in [1.54, 1.807) is 0 Å². The highest BCUT2D eigenvalue weighted by Crippen LogP contribution is 2.18. The highest BCUT2D eigenvalue weighted by Gasteiger charge is 2.31. The molecule has 0 fully saturated rings. The summed E-state index contributed by atoms with van der Waals surface area (Å²) in [6.45, 7) is 2.83. The topological polar surface area (TPSA) is 109 Å². The van der Waals surface area contributed by atoms with Crippen molar-refractivity contribution in [2.75, 3.05) is 13.1 Å². The third-order valence-corrected chi connectivity index (χ3v) is 6.72. The molecule has 0 rings (SSSR count). The van der Waals surface area contributed by atoms with Gasteiger partial charge in [0.15, 0.2) is 5.25 Å². The van der Waals surface area contributed by atoms with Crippen LogP contribution >= 0.6 is 0 Å². The van der Waals surface area contributed by atoms with Gasteiger partial charge in [-0.05, 0) is 32.1 Å². The SMILES string of the molecule is CCCCCCCCC(C#N)S(=O)(=O)N(CCCCC#N)CCCCC#N. The van der Waals surface area contributed by atoms with Crippen molar-refractivity contribution in [3.05, 3.63) is 0 Å². The fourth-order valence-electron chi connectivity index (χ4n) is 2.92. The average molecular weight is 395 g/mol. The van der Waals surface area contributed by atoms with E-state index in [0.717, 1.165) is 25.7 Å². The van der Waals surface area contributed by atoms with Crippen LogP contribution in [0.25, 0.3) is 0 Å². The number of unbranched alkanes of at least 4 members (excludes halogenated alkanes) is 9. The van der Waals surface area contributed by atoms with Crippen molar-refractivity contribution in [3.63, 3.8) is 0 Å². The van der Waals surface area contributed by atoms with Crippen LogP contribution in [0.2, 0.25) is 0 Å². The van der Waals surface area contributed by atoms with Gasteiger partial charge >= 0.3 is 0 Å². The molecule has 0 saturated carbocycles. The minimum atomic E-state index is -3.68. The van der Waals surface area contributed by atoms with Crippen LogP contribution in [0.4, 0.5) is 0 Å². The molecule has 0 heterocycles. The summed E-state index contributed by atoms with van der Waals surface area (Å²) in [5, 5.41) is 25.7. The lowest BCUT2D eigenvalue weighted by molar-refractivity contribution is 0.386. The van der Waals surface area contributed by atoms with Crippen molar-refractivity contribution >= 4 is 10.0 Å². The van der Waals surface area contributed by atoms with Crippen LogP contribution in [0.1, 0.15) is 90.4 Å². The molecule has 0 spiro atoms. The highest BCUT2D eigenvalue weighted by atomic mass is 32.2. The molecule has 152 valence electrons. The first-order valence-corrected chi connectivity index (χ1v) is 11.7. The van der Waals surface area contributed by atoms with Crippen LogP contribution in [-0.4, -0.2) is 31.1 Å². The highest BCUT2D eigenvalue weighted by molar-refractivity contribution is 7.90. The zero-order valence-corrected chi connectivity index (χ0v) is 17.5. The van der Waals surface area contributed by atoms with E-state index in [4.69, 9.17) is 10.5 Å². The van der Waals surface area contributed by atoms with Gasteiger partial charge < -0.3 is 0 Å². The van der Waals surface area contributed by atoms with Gasteiger partial charge in [-0.1, -0.05) is 45.4 Å². The Balaban J connectivity index is 4.74. The molecule has 0 saturated heterocycles. The monoisotopic (exact) mass is 394 g/mol. The van der Waals surface area contributed by atoms with Crippen molar-refractivity contribution in [2.45, 2.75) is 95.6 Å². The van der Waals surface area contributed by atoms with E-state index in [-0.39, 0.29) is 0 Å². The number of nitriles is 3. The van der Waals surface area contributed by atoms with Gasteiger partial charge in [0, 0.05) is 25.9 Å². The number of sulfonamides is 1. The van der Waals surface area contributed by atoms with E-state index >= 15 is 0 Å². The molecule has 0 N–H and O–H groups in total. The maximum atomic E-state index is 12.9. The first-order chi connectivity index (χ1) is 13.0. The van der Waals surface area contributed by atoms with Gasteiger partial charge in [0.05, 0.1) is 18.2 Å². The Labute approximate surface area is 165 Å². The predicted molar refractivity (Wildman–Crippen MR) is 107 cm³/mol. The molecule has 0 aromatic rings. The summed E-state index contributed by atoms with van der Waals surface area (Å²) in [5.41, 5.74) is 0. The fourth-order valence-corrected chi connectivity index (χ4v) is 4.65. The molecule has 0 aliphatic carbocycles. The van der Waals surface area contributed by atoms with E-state index in [0.29, 0.717) is 58.0 Å². The standard InChI is InChI=1S/C20H34N4O2S/c1-2-3-4-5-6-9-14-20(19-23)27(25,26)24(17-12-7-10-15-21)18-13-8-11-16-22/h20H,2-14,17-18H2,1H3. The van der Waals surface area contributed by atoms with E-state index in [9.17, 15) is 13.7 Å². The Morgan fingerprint density at radius 3 is 1.78 bits per heavy atom. The fraction of sp³-hybridized carbons (Fsp3) is 0.850. The van der Waals surface area contributed by atoms with Crippen LogP contribution in [-0.2, 0) is 10.0 Å². The number of hydrogen-bond acceptors (Lipinski definition) is 5. The predicted octanol–water partition coefficient (Wildman–Crippen LogP) is 4.65. The van der Waals surface area contributed by atoms with Crippen LogP contribution < -0.4 is 0 Å². The Hall–Kier alpha value is -1.62. The summed E-state index contributed by atoms with van der Waals surface area (Å²) in [4.78, 5) is 0. The Kier molecular flexibility index (Phi) is 15.6. The van der Waals surface area contributed by atoms with Gasteiger partial charge in [0.1, 0.15) is 0 Å². The quantitative estimate of drug-likeness (QED) is 0.334. The second-order valence-electron chi connectivity index (χ2n) is 6.85. The zero-order valence-electron chi connectivity index (χ0n) is 16.7. The molecular weight excluding hydrogens is 360 g/mol. The van der Waals surface area contributed by atoms with Gasteiger partial charge in [0.25, 0.3) is 0 Å². The lowest BCUT2D eigenvalue weighted by atomic mass is 10.1. The average Bonchev–Trinajstić information content (AvgIpc) is 2.65. The van der Waals surface area contributed by atoms with Crippen molar-refractivity contribution in [3.8, 4) is 18.2 Å². The molecule has 0 aliphatic rings. The van der Waals surface area contributed by atoms with E-state index in [1.807, 2.05) is 6.07 Å². The molecule has 7 heteroatoms. The molecule has 0 bridgehead atoms. The van der Waals surface area contributed by atoms with Crippen molar-refractivity contribution < 1.29 is 8.42 Å². The van der Waals surface area contributed by atoms with E-state index < -0.39 is 15.3 Å². The third-order valence-electron chi connectivity index (χ3n) is 4.58. The number of rotatable bonds is 17. The van der Waals surface area contributed by atoms with Gasteiger partial charge in [-0.2, -0.15) is 15.8 Å². The largest absolute Gasteiger partial charge is 0.230 e. The molecule has 1 atom stereocenters. The summed E-state index contributed by atoms with van der Waals surface area (Å²) in [5.74, 6) is 0. The lowest BCUT2D eigenvalue weighted by Gasteiger charge is -2.24. The van der Waals surface area contributed by atoms with E-state index in [1.165, 1.54) is 17.1 Å². The smallest absolute Gasteiger partial charge is 0.211 e. The van der Waals surface area contributed by atoms with Crippen molar-refractivity contribution in [1.82, 2.24) is 4.31 Å². The molecular formula is C20H34N4O2S. The first-order valence-electron chi connectivity index (χ1n) is 10.2. The molecule has 0 aromatic carbocycles. The molecule has 0 radical (unpaired) electrons. The summed E-state index contributed by atoms with van der Waals surface area (Å²) in [7, 11) is -3.68. The van der Waals surface area contributed by atoms with Crippen LogP contribution in [0.15, 0.2) is 0 Å². The lowest BCUT2D eigenvalue weighted by Crippen LogP contribution is -2.39. The van der Waals surface area contributed by atoms with Gasteiger partial charge in [-0.3, -0.25) is 0 Å². The maximum Gasteiger partial charge on any atom is 0.230 e. The second-order valence-corrected chi connectivity index (χ2v) is 8.96. The van der Waals surface area contributed by atoms with Gasteiger partial charge in [-0.15, -0.1) is 0 Å².